The summed E-state index contributed by atoms with van der Waals surface area (Å²) in [5.41, 5.74) is 0.591. The molecule has 0 radical (unpaired) electrons. The van der Waals surface area contributed by atoms with Crippen molar-refractivity contribution in [2.45, 2.75) is 9.92 Å². The van der Waals surface area contributed by atoms with Crippen LogP contribution in [0.2, 0.25) is 10.0 Å². The van der Waals surface area contributed by atoms with Gasteiger partial charge in [-0.05, 0) is 42.5 Å². The van der Waals surface area contributed by atoms with Crippen LogP contribution < -0.4 is 4.90 Å². The maximum absolute atomic E-state index is 13.0. The van der Waals surface area contributed by atoms with E-state index in [1.165, 1.54) is 24.3 Å². The standard InChI is InChI=1S/C17H14Cl2N2O3S/c1-21(2)17-16(25(22,23)14-8-6-12(18)7-9-14)20-15(24-17)11-4-3-5-13(19)10-11/h3-10H,1-2H3. The first-order valence-corrected chi connectivity index (χ1v) is 9.47. The molecule has 0 saturated heterocycles. The van der Waals surface area contributed by atoms with E-state index in [0.29, 0.717) is 15.6 Å². The van der Waals surface area contributed by atoms with Gasteiger partial charge in [0.25, 0.3) is 0 Å². The number of oxazole rings is 1. The molecule has 2 aromatic carbocycles. The summed E-state index contributed by atoms with van der Waals surface area (Å²) in [6.07, 6.45) is 0. The zero-order chi connectivity index (χ0) is 18.2. The first kappa shape index (κ1) is 17.8. The fourth-order valence-corrected chi connectivity index (χ4v) is 3.92. The Morgan fingerprint density at radius 2 is 1.68 bits per heavy atom. The highest BCUT2D eigenvalue weighted by Gasteiger charge is 2.29. The van der Waals surface area contributed by atoms with Gasteiger partial charge >= 0.3 is 0 Å². The van der Waals surface area contributed by atoms with Crippen LogP contribution in [-0.4, -0.2) is 27.5 Å². The van der Waals surface area contributed by atoms with Crippen molar-refractivity contribution >= 4 is 38.9 Å². The average Bonchev–Trinajstić information content (AvgIpc) is 3.02. The smallest absolute Gasteiger partial charge is 0.235 e. The molecule has 0 N–H and O–H groups in total. The maximum Gasteiger partial charge on any atom is 0.235 e. The molecular weight excluding hydrogens is 383 g/mol. The lowest BCUT2D eigenvalue weighted by atomic mass is 10.2. The third-order valence-electron chi connectivity index (χ3n) is 3.44. The van der Waals surface area contributed by atoms with E-state index in [2.05, 4.69) is 4.98 Å². The highest BCUT2D eigenvalue weighted by molar-refractivity contribution is 7.91. The van der Waals surface area contributed by atoms with Crippen LogP contribution in [0.1, 0.15) is 0 Å². The van der Waals surface area contributed by atoms with Crippen LogP contribution in [0.3, 0.4) is 0 Å². The number of anilines is 1. The van der Waals surface area contributed by atoms with Crippen LogP contribution in [0.4, 0.5) is 5.88 Å². The summed E-state index contributed by atoms with van der Waals surface area (Å²) in [5, 5.41) is 0.797. The Morgan fingerprint density at radius 3 is 2.28 bits per heavy atom. The summed E-state index contributed by atoms with van der Waals surface area (Å²) in [5.74, 6) is 0.323. The molecule has 0 fully saturated rings. The normalized spacial score (nSPS) is 11.5. The number of rotatable bonds is 4. The molecule has 0 aliphatic rings. The van der Waals surface area contributed by atoms with Crippen LogP contribution >= 0.6 is 23.2 Å². The molecule has 0 spiro atoms. The van der Waals surface area contributed by atoms with Crippen LogP contribution in [0, 0.1) is 0 Å². The summed E-state index contributed by atoms with van der Waals surface area (Å²) in [7, 11) is -0.500. The number of hydrogen-bond donors (Lipinski definition) is 0. The van der Waals surface area contributed by atoms with Crippen molar-refractivity contribution in [1.82, 2.24) is 4.98 Å². The first-order valence-electron chi connectivity index (χ1n) is 7.24. The van der Waals surface area contributed by atoms with Crippen molar-refractivity contribution < 1.29 is 12.8 Å². The fourth-order valence-electron chi connectivity index (χ4n) is 2.23. The Labute approximate surface area is 155 Å². The Morgan fingerprint density at radius 1 is 1.00 bits per heavy atom. The summed E-state index contributed by atoms with van der Waals surface area (Å²) in [6.45, 7) is 0. The fraction of sp³-hybridized carbons (Fsp3) is 0.118. The number of halogens is 2. The molecule has 0 aliphatic carbocycles. The predicted molar refractivity (Wildman–Crippen MR) is 98.2 cm³/mol. The molecule has 130 valence electrons. The van der Waals surface area contributed by atoms with Crippen molar-refractivity contribution in [3.05, 3.63) is 58.6 Å². The van der Waals surface area contributed by atoms with Crippen molar-refractivity contribution in [2.24, 2.45) is 0 Å². The second-order valence-corrected chi connectivity index (χ2v) is 8.23. The van der Waals surface area contributed by atoms with Gasteiger partial charge in [0.1, 0.15) is 0 Å². The molecule has 0 saturated carbocycles. The lowest BCUT2D eigenvalue weighted by Crippen LogP contribution is -2.13. The van der Waals surface area contributed by atoms with Crippen molar-refractivity contribution in [3.8, 4) is 11.5 Å². The number of sulfone groups is 1. The second-order valence-electron chi connectivity index (χ2n) is 5.49. The van der Waals surface area contributed by atoms with Gasteiger partial charge in [-0.15, -0.1) is 0 Å². The minimum absolute atomic E-state index is 0.0888. The Kier molecular flexibility index (Phi) is 4.77. The molecule has 1 heterocycles. The third kappa shape index (κ3) is 3.51. The molecule has 1 aromatic heterocycles. The molecular formula is C17H14Cl2N2O3S. The number of benzene rings is 2. The van der Waals surface area contributed by atoms with Crippen molar-refractivity contribution in [3.63, 3.8) is 0 Å². The highest BCUT2D eigenvalue weighted by atomic mass is 35.5. The lowest BCUT2D eigenvalue weighted by molar-refractivity contribution is 0.564. The summed E-state index contributed by atoms with van der Waals surface area (Å²) in [4.78, 5) is 5.87. The maximum atomic E-state index is 13.0. The molecule has 0 amide bonds. The van der Waals surface area contributed by atoms with E-state index in [1.54, 1.807) is 43.3 Å². The minimum Gasteiger partial charge on any atom is -0.419 e. The van der Waals surface area contributed by atoms with Gasteiger partial charge in [0.2, 0.25) is 26.6 Å². The molecule has 0 aliphatic heterocycles. The number of nitrogens with zero attached hydrogens (tertiary/aromatic N) is 2. The van der Waals surface area contributed by atoms with E-state index in [9.17, 15) is 8.42 Å². The van der Waals surface area contributed by atoms with E-state index in [0.717, 1.165) is 0 Å². The summed E-state index contributed by atoms with van der Waals surface area (Å²) >= 11 is 11.8. The molecule has 5 nitrogen and oxygen atoms in total. The lowest BCUT2D eigenvalue weighted by Gasteiger charge is -2.10. The van der Waals surface area contributed by atoms with Crippen LogP contribution in [0.5, 0.6) is 0 Å². The number of hydrogen-bond acceptors (Lipinski definition) is 5. The van der Waals surface area contributed by atoms with Gasteiger partial charge in [-0.1, -0.05) is 29.3 Å². The second kappa shape index (κ2) is 6.71. The average molecular weight is 397 g/mol. The summed E-state index contributed by atoms with van der Waals surface area (Å²) in [6, 6.07) is 12.8. The predicted octanol–water partition coefficient (Wildman–Crippen LogP) is 4.55. The topological polar surface area (TPSA) is 63.4 Å². The van der Waals surface area contributed by atoms with E-state index in [-0.39, 0.29) is 21.7 Å². The molecule has 8 heteroatoms. The largest absolute Gasteiger partial charge is 0.419 e. The van der Waals surface area contributed by atoms with Gasteiger partial charge in [-0.3, -0.25) is 0 Å². The van der Waals surface area contributed by atoms with Gasteiger partial charge in [0.05, 0.1) is 4.90 Å². The molecule has 0 unspecified atom stereocenters. The van der Waals surface area contributed by atoms with Crippen molar-refractivity contribution in [1.29, 1.82) is 0 Å². The minimum atomic E-state index is -3.87. The van der Waals surface area contributed by atoms with E-state index in [1.807, 2.05) is 0 Å². The Bertz CT molecular complexity index is 1010. The van der Waals surface area contributed by atoms with Crippen LogP contribution in [0.25, 0.3) is 11.5 Å². The van der Waals surface area contributed by atoms with E-state index < -0.39 is 9.84 Å². The molecule has 3 rings (SSSR count). The van der Waals surface area contributed by atoms with E-state index >= 15 is 0 Å². The van der Waals surface area contributed by atoms with Crippen molar-refractivity contribution in [2.75, 3.05) is 19.0 Å². The quantitative estimate of drug-likeness (QED) is 0.647. The van der Waals surface area contributed by atoms with Gasteiger partial charge in [-0.2, -0.15) is 4.98 Å². The summed E-state index contributed by atoms with van der Waals surface area (Å²) < 4.78 is 31.6. The molecule has 3 aromatic rings. The Balaban J connectivity index is 2.16. The van der Waals surface area contributed by atoms with Gasteiger partial charge in [-0.25, -0.2) is 8.42 Å². The molecule has 0 atom stereocenters. The van der Waals surface area contributed by atoms with Gasteiger partial charge in [0, 0.05) is 29.7 Å². The first-order chi connectivity index (χ1) is 11.8. The van der Waals surface area contributed by atoms with Gasteiger partial charge in [0.15, 0.2) is 0 Å². The third-order valence-corrected chi connectivity index (χ3v) is 5.59. The molecule has 0 bridgehead atoms. The highest BCUT2D eigenvalue weighted by Crippen LogP contribution is 2.34. The molecule has 25 heavy (non-hydrogen) atoms. The zero-order valence-electron chi connectivity index (χ0n) is 13.4. The monoisotopic (exact) mass is 396 g/mol. The van der Waals surface area contributed by atoms with Crippen LogP contribution in [0.15, 0.2) is 62.9 Å². The number of aromatic nitrogens is 1. The Hall–Kier alpha value is -2.02. The SMILES string of the molecule is CN(C)c1oc(-c2cccc(Cl)c2)nc1S(=O)(=O)c1ccc(Cl)cc1. The van der Waals surface area contributed by atoms with Crippen LogP contribution in [-0.2, 0) is 9.84 Å². The van der Waals surface area contributed by atoms with E-state index in [4.69, 9.17) is 27.6 Å². The van der Waals surface area contributed by atoms with Gasteiger partial charge < -0.3 is 9.32 Å². The zero-order valence-corrected chi connectivity index (χ0v) is 15.7.